The maximum atomic E-state index is 5.52. The summed E-state index contributed by atoms with van der Waals surface area (Å²) in [5.41, 5.74) is 4.79. The molecular formula is C14H18O3. The molecule has 1 aromatic rings. The third-order valence-electron chi connectivity index (χ3n) is 2.30. The van der Waals surface area contributed by atoms with Gasteiger partial charge in [0.1, 0.15) is 11.5 Å². The maximum absolute atomic E-state index is 5.52. The van der Waals surface area contributed by atoms with Gasteiger partial charge in [-0.05, 0) is 30.2 Å². The van der Waals surface area contributed by atoms with Crippen molar-refractivity contribution in [3.05, 3.63) is 41.6 Å². The van der Waals surface area contributed by atoms with Crippen molar-refractivity contribution >= 4 is 0 Å². The second-order valence-corrected chi connectivity index (χ2v) is 3.67. The molecule has 0 aliphatic heterocycles. The lowest BCUT2D eigenvalue weighted by Crippen LogP contribution is -1.97. The molecule has 0 radical (unpaired) electrons. The third kappa shape index (κ3) is 4.35. The summed E-state index contributed by atoms with van der Waals surface area (Å²) >= 11 is 0. The second-order valence-electron chi connectivity index (χ2n) is 3.67. The van der Waals surface area contributed by atoms with Crippen molar-refractivity contribution in [3.63, 3.8) is 0 Å². The third-order valence-corrected chi connectivity index (χ3v) is 2.30. The molecule has 0 aliphatic carbocycles. The van der Waals surface area contributed by atoms with Crippen LogP contribution in [0.25, 0.3) is 0 Å². The molecule has 0 heterocycles. The highest BCUT2D eigenvalue weighted by atomic mass is 16.5. The van der Waals surface area contributed by atoms with Crippen molar-refractivity contribution in [2.24, 2.45) is 0 Å². The Morgan fingerprint density at radius 2 is 1.76 bits per heavy atom. The number of rotatable bonds is 6. The summed E-state index contributed by atoms with van der Waals surface area (Å²) in [5.74, 6) is 1.53. The van der Waals surface area contributed by atoms with Crippen LogP contribution in [0.15, 0.2) is 36.1 Å². The lowest BCUT2D eigenvalue weighted by Gasteiger charge is -2.09. The van der Waals surface area contributed by atoms with Gasteiger partial charge in [0.25, 0.3) is 0 Å². The molecular weight excluding hydrogens is 216 g/mol. The van der Waals surface area contributed by atoms with Crippen LogP contribution in [-0.4, -0.2) is 20.8 Å². The Bertz CT molecular complexity index is 395. The predicted octanol–water partition coefficient (Wildman–Crippen LogP) is 2.95. The zero-order valence-electron chi connectivity index (χ0n) is 10.6. The SMILES string of the molecule is C=C=C(C)COCc1cc(OC)cc(OC)c1. The number of hydrogen-bond acceptors (Lipinski definition) is 3. The van der Waals surface area contributed by atoms with Gasteiger partial charge in [-0.25, -0.2) is 0 Å². The molecule has 1 rings (SSSR count). The van der Waals surface area contributed by atoms with Gasteiger partial charge in [0.15, 0.2) is 0 Å². The minimum absolute atomic E-state index is 0.507. The molecule has 1 aromatic carbocycles. The predicted molar refractivity (Wildman–Crippen MR) is 67.5 cm³/mol. The molecule has 0 atom stereocenters. The Morgan fingerprint density at radius 1 is 1.18 bits per heavy atom. The van der Waals surface area contributed by atoms with Crippen molar-refractivity contribution in [2.45, 2.75) is 13.5 Å². The quantitative estimate of drug-likeness (QED) is 0.708. The first-order valence-corrected chi connectivity index (χ1v) is 5.34. The Kier molecular flexibility index (Phi) is 5.34. The molecule has 0 aromatic heterocycles. The van der Waals surface area contributed by atoms with Crippen LogP contribution >= 0.6 is 0 Å². The van der Waals surface area contributed by atoms with Gasteiger partial charge in [0.05, 0.1) is 27.4 Å². The Balaban J connectivity index is 2.66. The van der Waals surface area contributed by atoms with Crippen LogP contribution < -0.4 is 9.47 Å². The number of methoxy groups -OCH3 is 2. The molecule has 0 spiro atoms. The fraction of sp³-hybridized carbons (Fsp3) is 0.357. The zero-order chi connectivity index (χ0) is 12.7. The minimum atomic E-state index is 0.507. The molecule has 0 N–H and O–H groups in total. The molecule has 0 bridgehead atoms. The van der Waals surface area contributed by atoms with Crippen LogP contribution in [0, 0.1) is 0 Å². The van der Waals surface area contributed by atoms with E-state index in [-0.39, 0.29) is 0 Å². The zero-order valence-corrected chi connectivity index (χ0v) is 10.6. The molecule has 17 heavy (non-hydrogen) atoms. The van der Waals surface area contributed by atoms with E-state index in [9.17, 15) is 0 Å². The van der Waals surface area contributed by atoms with E-state index < -0.39 is 0 Å². The average Bonchev–Trinajstić information content (AvgIpc) is 2.37. The number of ether oxygens (including phenoxy) is 3. The summed E-state index contributed by atoms with van der Waals surface area (Å²) in [6.45, 7) is 6.53. The normalized spacial score (nSPS) is 9.59. The van der Waals surface area contributed by atoms with Crippen molar-refractivity contribution in [2.75, 3.05) is 20.8 Å². The Hall–Kier alpha value is -1.70. The highest BCUT2D eigenvalue weighted by Gasteiger charge is 2.02. The van der Waals surface area contributed by atoms with Crippen molar-refractivity contribution in [1.29, 1.82) is 0 Å². The fourth-order valence-electron chi connectivity index (χ4n) is 1.32. The molecule has 0 unspecified atom stereocenters. The van der Waals surface area contributed by atoms with E-state index in [1.165, 1.54) is 0 Å². The first-order chi connectivity index (χ1) is 8.19. The van der Waals surface area contributed by atoms with Gasteiger partial charge in [0, 0.05) is 6.07 Å². The van der Waals surface area contributed by atoms with Gasteiger partial charge >= 0.3 is 0 Å². The smallest absolute Gasteiger partial charge is 0.122 e. The monoisotopic (exact) mass is 234 g/mol. The van der Waals surface area contributed by atoms with E-state index >= 15 is 0 Å². The van der Waals surface area contributed by atoms with E-state index in [4.69, 9.17) is 14.2 Å². The lowest BCUT2D eigenvalue weighted by atomic mass is 10.2. The lowest BCUT2D eigenvalue weighted by molar-refractivity contribution is 0.142. The van der Waals surface area contributed by atoms with Crippen molar-refractivity contribution < 1.29 is 14.2 Å². The number of hydrogen-bond donors (Lipinski definition) is 0. The fourth-order valence-corrected chi connectivity index (χ4v) is 1.32. The molecule has 0 saturated heterocycles. The Labute approximate surface area is 102 Å². The summed E-state index contributed by atoms with van der Waals surface area (Å²) in [5, 5.41) is 0. The van der Waals surface area contributed by atoms with Crippen LogP contribution in [0.4, 0.5) is 0 Å². The summed E-state index contributed by atoms with van der Waals surface area (Å²) in [6, 6.07) is 5.68. The van der Waals surface area contributed by atoms with Crippen LogP contribution in [0.2, 0.25) is 0 Å². The average molecular weight is 234 g/mol. The maximum Gasteiger partial charge on any atom is 0.122 e. The van der Waals surface area contributed by atoms with E-state index in [1.807, 2.05) is 25.1 Å². The van der Waals surface area contributed by atoms with Crippen molar-refractivity contribution in [1.82, 2.24) is 0 Å². The molecule has 92 valence electrons. The van der Waals surface area contributed by atoms with Crippen LogP contribution in [0.1, 0.15) is 12.5 Å². The first-order valence-electron chi connectivity index (χ1n) is 5.34. The largest absolute Gasteiger partial charge is 0.497 e. The molecule has 0 saturated carbocycles. The molecule has 3 nitrogen and oxygen atoms in total. The van der Waals surface area contributed by atoms with Gasteiger partial charge in [-0.15, -0.1) is 5.73 Å². The molecule has 0 amide bonds. The van der Waals surface area contributed by atoms with Gasteiger partial charge < -0.3 is 14.2 Å². The topological polar surface area (TPSA) is 27.7 Å². The number of benzene rings is 1. The molecule has 0 aliphatic rings. The molecule has 0 fully saturated rings. The second kappa shape index (κ2) is 6.79. The van der Waals surface area contributed by atoms with Gasteiger partial charge in [-0.2, -0.15) is 0 Å². The molecule has 3 heteroatoms. The van der Waals surface area contributed by atoms with E-state index in [2.05, 4.69) is 12.3 Å². The standard InChI is InChI=1S/C14H18O3/c1-5-11(2)9-17-10-12-6-13(15-3)8-14(7-12)16-4/h6-8H,1,9-10H2,2-4H3. The van der Waals surface area contributed by atoms with Crippen LogP contribution in [0.3, 0.4) is 0 Å². The summed E-state index contributed by atoms with van der Waals surface area (Å²) in [7, 11) is 3.26. The Morgan fingerprint density at radius 3 is 2.24 bits per heavy atom. The van der Waals surface area contributed by atoms with Crippen molar-refractivity contribution in [3.8, 4) is 11.5 Å². The highest BCUT2D eigenvalue weighted by molar-refractivity contribution is 5.38. The first kappa shape index (κ1) is 13.4. The van der Waals surface area contributed by atoms with Crippen LogP contribution in [0.5, 0.6) is 11.5 Å². The van der Waals surface area contributed by atoms with Crippen LogP contribution in [-0.2, 0) is 11.3 Å². The van der Waals surface area contributed by atoms with Gasteiger partial charge in [0.2, 0.25) is 0 Å². The summed E-state index contributed by atoms with van der Waals surface area (Å²) in [4.78, 5) is 0. The highest BCUT2D eigenvalue weighted by Crippen LogP contribution is 2.22. The minimum Gasteiger partial charge on any atom is -0.497 e. The van der Waals surface area contributed by atoms with E-state index in [0.717, 1.165) is 22.6 Å². The summed E-state index contributed by atoms with van der Waals surface area (Å²) < 4.78 is 15.9. The summed E-state index contributed by atoms with van der Waals surface area (Å²) in [6.07, 6.45) is 0. The van der Waals surface area contributed by atoms with Gasteiger partial charge in [-0.1, -0.05) is 6.58 Å². The van der Waals surface area contributed by atoms with E-state index in [0.29, 0.717) is 13.2 Å². The van der Waals surface area contributed by atoms with Gasteiger partial charge in [-0.3, -0.25) is 0 Å². The van der Waals surface area contributed by atoms with E-state index in [1.54, 1.807) is 14.2 Å².